The molecule has 2 aromatic rings. The van der Waals surface area contributed by atoms with Crippen LogP contribution in [-0.2, 0) is 6.54 Å². The molecule has 0 spiro atoms. The van der Waals surface area contributed by atoms with Gasteiger partial charge in [0, 0.05) is 5.39 Å². The van der Waals surface area contributed by atoms with Crippen molar-refractivity contribution in [1.29, 1.82) is 0 Å². The topological polar surface area (TPSA) is 38.0 Å². The Morgan fingerprint density at radius 1 is 1.32 bits per heavy atom. The number of aromatic nitrogens is 2. The summed E-state index contributed by atoms with van der Waals surface area (Å²) in [7, 11) is 0. The third-order valence-electron chi connectivity index (χ3n) is 2.52. The Morgan fingerprint density at radius 3 is 2.42 bits per heavy atom. The van der Waals surface area contributed by atoms with Crippen molar-refractivity contribution in [3.8, 4) is 0 Å². The lowest BCUT2D eigenvalue weighted by Gasteiger charge is -2.17. The van der Waals surface area contributed by atoms with Crippen LogP contribution in [0.4, 0.5) is 8.78 Å². The van der Waals surface area contributed by atoms with E-state index < -0.39 is 17.2 Å². The summed E-state index contributed by atoms with van der Waals surface area (Å²) in [5.74, 6) is -1.78. The van der Waals surface area contributed by atoms with Crippen LogP contribution < -0.4 is 0 Å². The maximum Gasteiger partial charge on any atom is 0.184 e. The van der Waals surface area contributed by atoms with Gasteiger partial charge in [-0.25, -0.2) is 8.78 Å². The largest absolute Gasteiger partial charge is 0.389 e. The van der Waals surface area contributed by atoms with E-state index in [1.807, 2.05) is 0 Å². The van der Waals surface area contributed by atoms with Gasteiger partial charge in [-0.15, -0.1) is 13.2 Å². The van der Waals surface area contributed by atoms with Crippen molar-refractivity contribution in [2.45, 2.75) is 32.9 Å². The second-order valence-corrected chi connectivity index (χ2v) is 4.87. The van der Waals surface area contributed by atoms with Gasteiger partial charge in [0.1, 0.15) is 5.52 Å². The average molecular weight is 268 g/mol. The number of benzene rings is 1. The van der Waals surface area contributed by atoms with Crippen molar-refractivity contribution in [1.82, 2.24) is 9.78 Å². The number of halogens is 2. The summed E-state index contributed by atoms with van der Waals surface area (Å²) in [5, 5.41) is 14.2. The van der Waals surface area contributed by atoms with Crippen LogP contribution in [0.5, 0.6) is 0 Å². The van der Waals surface area contributed by atoms with E-state index in [-0.39, 0.29) is 17.6 Å². The lowest BCUT2D eigenvalue weighted by Crippen LogP contribution is -2.26. The Kier molecular flexibility index (Phi) is 4.42. The van der Waals surface area contributed by atoms with Gasteiger partial charge in [-0.1, -0.05) is 0 Å². The monoisotopic (exact) mass is 268 g/mol. The van der Waals surface area contributed by atoms with Gasteiger partial charge >= 0.3 is 0 Å². The maximum atomic E-state index is 13.8. The predicted molar refractivity (Wildman–Crippen MR) is 71.9 cm³/mol. The number of hydrogen-bond acceptors (Lipinski definition) is 2. The molecule has 0 atom stereocenters. The molecule has 1 N–H and O–H groups in total. The number of nitrogens with zero attached hydrogens (tertiary/aromatic N) is 2. The average Bonchev–Trinajstić information content (AvgIpc) is 2.69. The fourth-order valence-corrected chi connectivity index (χ4v) is 1.81. The Labute approximate surface area is 111 Å². The first kappa shape index (κ1) is 15.3. The zero-order chi connectivity index (χ0) is 14.8. The van der Waals surface area contributed by atoms with Gasteiger partial charge in [0.25, 0.3) is 0 Å². The van der Waals surface area contributed by atoms with E-state index in [2.05, 4.69) is 18.3 Å². The lowest BCUT2D eigenvalue weighted by molar-refractivity contribution is 0.0589. The molecule has 0 aliphatic heterocycles. The second kappa shape index (κ2) is 5.48. The van der Waals surface area contributed by atoms with Gasteiger partial charge in [0.2, 0.25) is 0 Å². The quantitative estimate of drug-likeness (QED) is 0.849. The molecule has 2 rings (SSSR count). The van der Waals surface area contributed by atoms with Crippen molar-refractivity contribution < 1.29 is 13.9 Å². The lowest BCUT2D eigenvalue weighted by atomic mass is 10.1. The van der Waals surface area contributed by atoms with Gasteiger partial charge in [-0.05, 0) is 32.4 Å². The first-order chi connectivity index (χ1) is 8.79. The van der Waals surface area contributed by atoms with Gasteiger partial charge in [0.05, 0.1) is 18.3 Å². The van der Waals surface area contributed by atoms with Crippen LogP contribution in [0.3, 0.4) is 0 Å². The summed E-state index contributed by atoms with van der Waals surface area (Å²) < 4.78 is 28.6. The van der Waals surface area contributed by atoms with E-state index in [1.165, 1.54) is 17.8 Å². The number of aryl methyl sites for hydroxylation is 1. The van der Waals surface area contributed by atoms with Crippen LogP contribution in [-0.4, -0.2) is 20.5 Å². The normalized spacial score (nSPS) is 11.3. The first-order valence-electron chi connectivity index (χ1n) is 5.82. The Morgan fingerprint density at radius 2 is 1.89 bits per heavy atom. The molecule has 0 saturated carbocycles. The highest BCUT2D eigenvalue weighted by Gasteiger charge is 2.20. The summed E-state index contributed by atoms with van der Waals surface area (Å²) in [4.78, 5) is 0. The molecule has 1 heterocycles. The molecule has 0 unspecified atom stereocenters. The van der Waals surface area contributed by atoms with Crippen molar-refractivity contribution in [2.75, 3.05) is 0 Å². The molecule has 0 amide bonds. The molecule has 3 nitrogen and oxygen atoms in total. The summed E-state index contributed by atoms with van der Waals surface area (Å²) in [6.07, 6.45) is 1.47. The minimum atomic E-state index is -1.03. The first-order valence-corrected chi connectivity index (χ1v) is 5.82. The minimum absolute atomic E-state index is 0.0928. The molecular weight excluding hydrogens is 250 g/mol. The summed E-state index contributed by atoms with van der Waals surface area (Å²) in [6, 6.07) is 1.54. The Balaban J connectivity index is 0.000000861. The van der Waals surface area contributed by atoms with E-state index in [9.17, 15) is 13.9 Å². The molecule has 0 saturated heterocycles. The third kappa shape index (κ3) is 3.17. The fourth-order valence-electron chi connectivity index (χ4n) is 1.81. The molecule has 0 bridgehead atoms. The minimum Gasteiger partial charge on any atom is -0.389 e. The zero-order valence-corrected chi connectivity index (χ0v) is 11.4. The zero-order valence-electron chi connectivity index (χ0n) is 11.4. The van der Waals surface area contributed by atoms with Crippen LogP contribution in [0, 0.1) is 18.6 Å². The molecule has 0 fully saturated rings. The molecule has 1 aromatic heterocycles. The van der Waals surface area contributed by atoms with E-state index in [1.54, 1.807) is 19.9 Å². The Bertz CT molecular complexity index is 585. The third-order valence-corrected chi connectivity index (χ3v) is 2.52. The molecule has 0 radical (unpaired) electrons. The Hall–Kier alpha value is -1.75. The van der Waals surface area contributed by atoms with Crippen molar-refractivity contribution >= 4 is 10.9 Å². The molecule has 0 aliphatic rings. The number of rotatable bonds is 2. The van der Waals surface area contributed by atoms with Gasteiger partial charge in [-0.3, -0.25) is 4.68 Å². The number of hydrogen-bond donors (Lipinski definition) is 1. The van der Waals surface area contributed by atoms with Gasteiger partial charge in [-0.2, -0.15) is 5.10 Å². The number of fused-ring (bicyclic) bond motifs is 1. The summed E-state index contributed by atoms with van der Waals surface area (Å²) in [5.41, 5.74) is -0.694. The predicted octanol–water partition coefficient (Wildman–Crippen LogP) is 3.20. The van der Waals surface area contributed by atoms with E-state index in [4.69, 9.17) is 0 Å². The molecule has 5 heteroatoms. The molecule has 0 aliphatic carbocycles. The van der Waals surface area contributed by atoms with Crippen molar-refractivity contribution in [2.24, 2.45) is 0 Å². The highest BCUT2D eigenvalue weighted by molar-refractivity contribution is 5.80. The summed E-state index contributed by atoms with van der Waals surface area (Å²) in [6.45, 7) is 10.8. The van der Waals surface area contributed by atoms with E-state index in [0.29, 0.717) is 5.39 Å². The second-order valence-electron chi connectivity index (χ2n) is 4.87. The molecule has 1 aromatic carbocycles. The molecule has 104 valence electrons. The SMILES string of the molecule is C=C.Cc1cc2cnn(CC(C)(C)O)c2c(F)c1F. The smallest absolute Gasteiger partial charge is 0.184 e. The maximum absolute atomic E-state index is 13.8. The van der Waals surface area contributed by atoms with Crippen LogP contribution >= 0.6 is 0 Å². The van der Waals surface area contributed by atoms with E-state index >= 15 is 0 Å². The standard InChI is InChI=1S/C12H14F2N2O.C2H4/c1-7-4-8-5-15-16(6-12(2,3)17)11(8)10(14)9(7)13;1-2/h4-5,17H,6H2,1-3H3;1-2H2. The van der Waals surface area contributed by atoms with Crippen LogP contribution in [0.25, 0.3) is 10.9 Å². The van der Waals surface area contributed by atoms with Gasteiger partial charge < -0.3 is 5.11 Å². The van der Waals surface area contributed by atoms with Crippen LogP contribution in [0.2, 0.25) is 0 Å². The van der Waals surface area contributed by atoms with Gasteiger partial charge in [0.15, 0.2) is 11.6 Å². The van der Waals surface area contributed by atoms with Crippen LogP contribution in [0.1, 0.15) is 19.4 Å². The van der Waals surface area contributed by atoms with E-state index in [0.717, 1.165) is 0 Å². The fraction of sp³-hybridized carbons (Fsp3) is 0.357. The summed E-state index contributed by atoms with van der Waals surface area (Å²) >= 11 is 0. The molecular formula is C14H18F2N2O. The highest BCUT2D eigenvalue weighted by atomic mass is 19.2. The van der Waals surface area contributed by atoms with Crippen LogP contribution in [0.15, 0.2) is 25.4 Å². The highest BCUT2D eigenvalue weighted by Crippen LogP contribution is 2.24. The molecule has 19 heavy (non-hydrogen) atoms. The van der Waals surface area contributed by atoms with Crippen molar-refractivity contribution in [3.63, 3.8) is 0 Å². The van der Waals surface area contributed by atoms with Crippen molar-refractivity contribution in [3.05, 3.63) is 42.6 Å². The number of aliphatic hydroxyl groups is 1.